The number of carbonyl (C=O) groups is 1. The van der Waals surface area contributed by atoms with E-state index in [-0.39, 0.29) is 18.0 Å². The second kappa shape index (κ2) is 5.75. The minimum atomic E-state index is -0.486. The van der Waals surface area contributed by atoms with Gasteiger partial charge in [0.05, 0.1) is 6.04 Å². The lowest BCUT2D eigenvalue weighted by Gasteiger charge is -2.13. The minimum Gasteiger partial charge on any atom is -0.321 e. The quantitative estimate of drug-likeness (QED) is 0.832. The molecule has 0 radical (unpaired) electrons. The Morgan fingerprint density at radius 2 is 2.00 bits per heavy atom. The fourth-order valence-corrected chi connectivity index (χ4v) is 1.60. The first-order chi connectivity index (χ1) is 7.50. The highest BCUT2D eigenvalue weighted by Crippen LogP contribution is 2.10. The first-order valence-corrected chi connectivity index (χ1v) is 5.52. The third kappa shape index (κ3) is 3.74. The predicted molar refractivity (Wildman–Crippen MR) is 62.5 cm³/mol. The molecule has 1 aromatic rings. The fraction of sp³-hybridized carbons (Fsp3) is 0.462. The van der Waals surface area contributed by atoms with Gasteiger partial charge in [-0.1, -0.05) is 32.0 Å². The molecule has 0 bridgehead atoms. The van der Waals surface area contributed by atoms with Gasteiger partial charge >= 0.3 is 0 Å². The molecule has 0 saturated carbocycles. The third-order valence-corrected chi connectivity index (χ3v) is 2.46. The van der Waals surface area contributed by atoms with Gasteiger partial charge in [-0.05, 0) is 24.0 Å². The number of benzene rings is 1. The molecule has 0 heterocycles. The molecule has 0 amide bonds. The van der Waals surface area contributed by atoms with E-state index in [0.717, 1.165) is 0 Å². The van der Waals surface area contributed by atoms with Gasteiger partial charge in [0, 0.05) is 6.42 Å². The fourth-order valence-electron chi connectivity index (χ4n) is 1.60. The smallest absolute Gasteiger partial charge is 0.153 e. The number of hydrogen-bond acceptors (Lipinski definition) is 2. The Bertz CT molecular complexity index is 363. The van der Waals surface area contributed by atoms with Gasteiger partial charge in [-0.25, -0.2) is 4.39 Å². The van der Waals surface area contributed by atoms with Gasteiger partial charge in [0.2, 0.25) is 0 Å². The summed E-state index contributed by atoms with van der Waals surface area (Å²) in [6, 6.07) is 5.82. The van der Waals surface area contributed by atoms with Gasteiger partial charge in [-0.15, -0.1) is 0 Å². The summed E-state index contributed by atoms with van der Waals surface area (Å²) in [4.78, 5) is 11.7. The van der Waals surface area contributed by atoms with E-state index in [1.807, 2.05) is 13.8 Å². The van der Waals surface area contributed by atoms with Crippen molar-refractivity contribution in [2.45, 2.75) is 32.7 Å². The van der Waals surface area contributed by atoms with Crippen LogP contribution in [0, 0.1) is 11.7 Å². The Balaban J connectivity index is 2.61. The van der Waals surface area contributed by atoms with E-state index in [4.69, 9.17) is 5.73 Å². The number of ketones is 1. The monoisotopic (exact) mass is 223 g/mol. The Morgan fingerprint density at radius 1 is 1.38 bits per heavy atom. The van der Waals surface area contributed by atoms with Gasteiger partial charge in [-0.3, -0.25) is 4.79 Å². The number of hydrogen-bond donors (Lipinski definition) is 1. The Hall–Kier alpha value is -1.22. The van der Waals surface area contributed by atoms with E-state index in [9.17, 15) is 9.18 Å². The molecule has 2 N–H and O–H groups in total. The molecule has 0 spiro atoms. The first kappa shape index (κ1) is 12.8. The van der Waals surface area contributed by atoms with Crippen molar-refractivity contribution in [3.8, 4) is 0 Å². The zero-order valence-electron chi connectivity index (χ0n) is 9.74. The maximum Gasteiger partial charge on any atom is 0.153 e. The lowest BCUT2D eigenvalue weighted by molar-refractivity contribution is -0.120. The molecule has 88 valence electrons. The van der Waals surface area contributed by atoms with Crippen molar-refractivity contribution in [3.63, 3.8) is 0 Å². The second-order valence-electron chi connectivity index (χ2n) is 4.47. The van der Waals surface area contributed by atoms with Crippen LogP contribution in [0.4, 0.5) is 4.39 Å². The molecule has 1 aromatic carbocycles. The first-order valence-electron chi connectivity index (χ1n) is 5.52. The van der Waals surface area contributed by atoms with Crippen molar-refractivity contribution >= 4 is 5.78 Å². The number of halogens is 1. The van der Waals surface area contributed by atoms with Crippen LogP contribution in [0.15, 0.2) is 24.3 Å². The van der Waals surface area contributed by atoms with Crippen molar-refractivity contribution in [1.82, 2.24) is 0 Å². The number of rotatable bonds is 5. The van der Waals surface area contributed by atoms with E-state index in [2.05, 4.69) is 0 Å². The molecule has 1 atom stereocenters. The predicted octanol–water partition coefficient (Wildman–Crippen LogP) is 2.31. The molecular weight excluding hydrogens is 205 g/mol. The van der Waals surface area contributed by atoms with Crippen LogP contribution >= 0.6 is 0 Å². The Kier molecular flexibility index (Phi) is 4.62. The molecule has 0 aliphatic carbocycles. The van der Waals surface area contributed by atoms with Gasteiger partial charge in [-0.2, -0.15) is 0 Å². The van der Waals surface area contributed by atoms with E-state index in [0.29, 0.717) is 17.9 Å². The lowest BCUT2D eigenvalue weighted by Crippen LogP contribution is -2.33. The molecular formula is C13H18FNO. The van der Waals surface area contributed by atoms with E-state index < -0.39 is 6.04 Å². The molecule has 2 nitrogen and oxygen atoms in total. The topological polar surface area (TPSA) is 43.1 Å². The standard InChI is InChI=1S/C13H18FNO/c1-9(2)7-12(15)13(16)8-10-5-3-4-6-11(10)14/h3-6,9,12H,7-8,15H2,1-2H3. The van der Waals surface area contributed by atoms with Crippen LogP contribution < -0.4 is 5.73 Å². The third-order valence-electron chi connectivity index (χ3n) is 2.46. The summed E-state index contributed by atoms with van der Waals surface area (Å²) in [5, 5.41) is 0. The Labute approximate surface area is 95.7 Å². The van der Waals surface area contributed by atoms with E-state index in [1.165, 1.54) is 6.07 Å². The summed E-state index contributed by atoms with van der Waals surface area (Å²) in [6.45, 7) is 4.02. The molecule has 0 fully saturated rings. The van der Waals surface area contributed by atoms with Crippen molar-refractivity contribution in [2.75, 3.05) is 0 Å². The van der Waals surface area contributed by atoms with Gasteiger partial charge in [0.25, 0.3) is 0 Å². The van der Waals surface area contributed by atoms with Crippen LogP contribution in [-0.4, -0.2) is 11.8 Å². The van der Waals surface area contributed by atoms with Crippen LogP contribution in [0.5, 0.6) is 0 Å². The molecule has 0 aliphatic rings. The molecule has 1 unspecified atom stereocenters. The van der Waals surface area contributed by atoms with Crippen LogP contribution in [-0.2, 0) is 11.2 Å². The van der Waals surface area contributed by atoms with Crippen LogP contribution in [0.2, 0.25) is 0 Å². The van der Waals surface area contributed by atoms with Gasteiger partial charge < -0.3 is 5.73 Å². The highest BCUT2D eigenvalue weighted by molar-refractivity contribution is 5.85. The maximum atomic E-state index is 13.3. The molecule has 0 saturated heterocycles. The zero-order valence-corrected chi connectivity index (χ0v) is 9.74. The van der Waals surface area contributed by atoms with Gasteiger partial charge in [0.1, 0.15) is 5.82 Å². The SMILES string of the molecule is CC(C)CC(N)C(=O)Cc1ccccc1F. The summed E-state index contributed by atoms with van der Waals surface area (Å²) in [7, 11) is 0. The summed E-state index contributed by atoms with van der Waals surface area (Å²) < 4.78 is 13.3. The summed E-state index contributed by atoms with van der Waals surface area (Å²) in [6.07, 6.45) is 0.730. The van der Waals surface area contributed by atoms with Crippen molar-refractivity contribution in [2.24, 2.45) is 11.7 Å². The molecule has 3 heteroatoms. The molecule has 1 rings (SSSR count). The number of carbonyl (C=O) groups excluding carboxylic acids is 1. The number of Topliss-reactive ketones (excluding diaryl/α,β-unsaturated/α-hetero) is 1. The van der Waals surface area contributed by atoms with Crippen LogP contribution in [0.3, 0.4) is 0 Å². The zero-order chi connectivity index (χ0) is 12.1. The van der Waals surface area contributed by atoms with Crippen molar-refractivity contribution < 1.29 is 9.18 Å². The normalized spacial score (nSPS) is 12.8. The average molecular weight is 223 g/mol. The Morgan fingerprint density at radius 3 is 2.56 bits per heavy atom. The van der Waals surface area contributed by atoms with Crippen molar-refractivity contribution in [1.29, 1.82) is 0 Å². The van der Waals surface area contributed by atoms with E-state index in [1.54, 1.807) is 18.2 Å². The van der Waals surface area contributed by atoms with Crippen LogP contribution in [0.25, 0.3) is 0 Å². The minimum absolute atomic E-state index is 0.0839. The highest BCUT2D eigenvalue weighted by Gasteiger charge is 2.16. The maximum absolute atomic E-state index is 13.3. The largest absolute Gasteiger partial charge is 0.321 e. The molecule has 0 aromatic heterocycles. The van der Waals surface area contributed by atoms with E-state index >= 15 is 0 Å². The van der Waals surface area contributed by atoms with Gasteiger partial charge in [0.15, 0.2) is 5.78 Å². The second-order valence-corrected chi connectivity index (χ2v) is 4.47. The number of nitrogens with two attached hydrogens (primary N) is 1. The summed E-state index contributed by atoms with van der Waals surface area (Å²) in [5.41, 5.74) is 6.17. The average Bonchev–Trinajstić information content (AvgIpc) is 2.20. The molecule has 16 heavy (non-hydrogen) atoms. The summed E-state index contributed by atoms with van der Waals surface area (Å²) >= 11 is 0. The lowest BCUT2D eigenvalue weighted by atomic mass is 9.97. The molecule has 0 aliphatic heterocycles. The highest BCUT2D eigenvalue weighted by atomic mass is 19.1. The van der Waals surface area contributed by atoms with Crippen molar-refractivity contribution in [3.05, 3.63) is 35.6 Å². The summed E-state index contributed by atoms with van der Waals surface area (Å²) in [5.74, 6) is -0.0639. The van der Waals surface area contributed by atoms with Crippen LogP contribution in [0.1, 0.15) is 25.8 Å².